The predicted octanol–water partition coefficient (Wildman–Crippen LogP) is 5.09. The van der Waals surface area contributed by atoms with Crippen LogP contribution in [0.5, 0.6) is 0 Å². The Bertz CT molecular complexity index is 1190. The van der Waals surface area contributed by atoms with Gasteiger partial charge in [-0.05, 0) is 181 Å². The molecule has 0 aromatic carbocycles. The van der Waals surface area contributed by atoms with E-state index in [1.165, 1.54) is 25.7 Å². The molecule has 0 aromatic heterocycles. The van der Waals surface area contributed by atoms with E-state index >= 15 is 0 Å². The topological polar surface area (TPSA) is 36.9 Å². The third kappa shape index (κ3) is 1.67. The summed E-state index contributed by atoms with van der Waals surface area (Å²) in [6, 6.07) is 0. The van der Waals surface area contributed by atoms with Gasteiger partial charge in [0.2, 0.25) is 0 Å². The Morgan fingerprint density at radius 2 is 0.667 bits per heavy atom. The SMILES string of the molecule is C1CCC(OC2C3C4C5C6C(=C7C8C9C%10C7C7C8C8C%11C(OC%12CCCCO%12)C(C98)C%10C%117)C7C5C3C3C2C4C6C73)OC1. The van der Waals surface area contributed by atoms with Crippen molar-refractivity contribution in [1.29, 1.82) is 0 Å². The largest absolute Gasteiger partial charge is 0.353 e. The summed E-state index contributed by atoms with van der Waals surface area (Å²) < 4.78 is 26.3. The zero-order valence-corrected chi connectivity index (χ0v) is 24.5. The Labute approximate surface area is 248 Å². The molecule has 220 valence electrons. The lowest BCUT2D eigenvalue weighted by atomic mass is 9.80. The maximum Gasteiger partial charge on any atom is 0.157 e. The first-order valence-corrected chi connectivity index (χ1v) is 19.2. The van der Waals surface area contributed by atoms with Crippen molar-refractivity contribution in [1.82, 2.24) is 0 Å². The fraction of sp³-hybridized carbons (Fsp3) is 0.947. The highest BCUT2D eigenvalue weighted by Crippen LogP contribution is 2.98. The Morgan fingerprint density at radius 1 is 0.357 bits per heavy atom. The molecule has 2 aliphatic heterocycles. The maximum absolute atomic E-state index is 6.98. The van der Waals surface area contributed by atoms with Crippen LogP contribution >= 0.6 is 0 Å². The molecule has 18 atom stereocenters. The summed E-state index contributed by atoms with van der Waals surface area (Å²) in [5.41, 5.74) is 4.50. The number of rotatable bonds is 4. The zero-order valence-electron chi connectivity index (χ0n) is 24.5. The molecule has 2 heterocycles. The summed E-state index contributed by atoms with van der Waals surface area (Å²) in [5, 5.41) is 0. The van der Waals surface area contributed by atoms with Crippen LogP contribution in [0.15, 0.2) is 11.1 Å². The first kappa shape index (κ1) is 21.4. The second-order valence-corrected chi connectivity index (χ2v) is 19.4. The van der Waals surface area contributed by atoms with Crippen molar-refractivity contribution in [2.24, 2.45) is 142 Å². The van der Waals surface area contributed by atoms with E-state index in [9.17, 15) is 0 Å². The molecule has 8 bridgehead atoms. The first-order valence-electron chi connectivity index (χ1n) is 19.2. The van der Waals surface area contributed by atoms with Crippen LogP contribution in [-0.4, -0.2) is 38.0 Å². The lowest BCUT2D eigenvalue weighted by Crippen LogP contribution is -2.32. The van der Waals surface area contributed by atoms with E-state index in [0.29, 0.717) is 12.2 Å². The van der Waals surface area contributed by atoms with Gasteiger partial charge in [-0.25, -0.2) is 0 Å². The molecule has 18 fully saturated rings. The van der Waals surface area contributed by atoms with E-state index in [2.05, 4.69) is 11.1 Å². The zero-order chi connectivity index (χ0) is 25.8. The minimum atomic E-state index is 0.132. The third-order valence-corrected chi connectivity index (χ3v) is 20.2. The summed E-state index contributed by atoms with van der Waals surface area (Å²) in [4.78, 5) is 0. The summed E-state index contributed by atoms with van der Waals surface area (Å²) in [6.07, 6.45) is 8.84. The van der Waals surface area contributed by atoms with Gasteiger partial charge in [-0.15, -0.1) is 0 Å². The second kappa shape index (κ2) is 6.16. The maximum atomic E-state index is 6.98. The van der Waals surface area contributed by atoms with Gasteiger partial charge in [0.1, 0.15) is 0 Å². The smallest absolute Gasteiger partial charge is 0.157 e. The van der Waals surface area contributed by atoms with Gasteiger partial charge in [0.25, 0.3) is 0 Å². The fourth-order valence-corrected chi connectivity index (χ4v) is 21.6. The molecule has 0 amide bonds. The van der Waals surface area contributed by atoms with Crippen LogP contribution in [0.3, 0.4) is 0 Å². The lowest BCUT2D eigenvalue weighted by molar-refractivity contribution is -0.199. The molecule has 0 spiro atoms. The normalized spacial score (nSPS) is 80.0. The molecule has 16 aliphatic carbocycles. The van der Waals surface area contributed by atoms with Crippen molar-refractivity contribution in [2.45, 2.75) is 63.3 Å². The third-order valence-electron chi connectivity index (χ3n) is 20.2. The molecular weight excluding hydrogens is 520 g/mol. The van der Waals surface area contributed by atoms with Crippen LogP contribution in [0.4, 0.5) is 0 Å². The highest BCUT2D eigenvalue weighted by molar-refractivity contribution is 5.55. The van der Waals surface area contributed by atoms with E-state index in [0.717, 1.165) is 168 Å². The lowest BCUT2D eigenvalue weighted by Gasteiger charge is -2.30. The van der Waals surface area contributed by atoms with Crippen molar-refractivity contribution in [2.75, 3.05) is 13.2 Å². The van der Waals surface area contributed by atoms with E-state index in [1.54, 1.807) is 0 Å². The molecular formula is C38H44O4. The van der Waals surface area contributed by atoms with E-state index in [-0.39, 0.29) is 12.6 Å². The number of hydrogen-bond donors (Lipinski definition) is 0. The van der Waals surface area contributed by atoms with E-state index in [4.69, 9.17) is 18.9 Å². The van der Waals surface area contributed by atoms with Gasteiger partial charge in [0.05, 0.1) is 12.2 Å². The van der Waals surface area contributed by atoms with Crippen molar-refractivity contribution in [3.8, 4) is 0 Å². The van der Waals surface area contributed by atoms with Gasteiger partial charge in [-0.1, -0.05) is 11.1 Å². The quantitative estimate of drug-likeness (QED) is 0.446. The molecule has 16 saturated carbocycles. The second-order valence-electron chi connectivity index (χ2n) is 19.4. The Kier molecular flexibility index (Phi) is 3.14. The molecule has 42 heavy (non-hydrogen) atoms. The van der Waals surface area contributed by atoms with Crippen LogP contribution in [-0.2, 0) is 18.9 Å². The molecule has 4 heteroatoms. The standard InChI is InChI=1S/C38H44O4/c1-3-7-39-9(5-1)41-37-33-25-17-13-11(14-19(17)27(33)28-20(14)18(13)26(25)34(28)37)12-15-21-23-16(12)24-22(15)30-29(21)35-31(23)32(24)36(30)38(35)42-10-6-2-4-8-40-10/h9-10,13-38H,1-8H2. The fourth-order valence-electron chi connectivity index (χ4n) is 21.6. The molecule has 18 aliphatic rings. The minimum absolute atomic E-state index is 0.132. The van der Waals surface area contributed by atoms with Crippen molar-refractivity contribution >= 4 is 0 Å². The monoisotopic (exact) mass is 564 g/mol. The Balaban J connectivity index is 0.776. The number of hydrogen-bond acceptors (Lipinski definition) is 4. The van der Waals surface area contributed by atoms with Gasteiger partial charge >= 0.3 is 0 Å². The molecule has 18 rings (SSSR count). The van der Waals surface area contributed by atoms with Crippen molar-refractivity contribution in [3.63, 3.8) is 0 Å². The highest BCUT2D eigenvalue weighted by Gasteiger charge is 2.95. The van der Waals surface area contributed by atoms with Crippen LogP contribution < -0.4 is 0 Å². The predicted molar refractivity (Wildman–Crippen MR) is 148 cm³/mol. The van der Waals surface area contributed by atoms with Crippen LogP contribution in [0.2, 0.25) is 0 Å². The minimum Gasteiger partial charge on any atom is -0.353 e. The molecule has 0 radical (unpaired) electrons. The Morgan fingerprint density at radius 3 is 0.929 bits per heavy atom. The van der Waals surface area contributed by atoms with E-state index < -0.39 is 0 Å². The molecule has 2 saturated heterocycles. The van der Waals surface area contributed by atoms with Gasteiger partial charge in [-0.3, -0.25) is 0 Å². The average molecular weight is 565 g/mol. The Hall–Kier alpha value is -0.420. The van der Waals surface area contributed by atoms with Crippen molar-refractivity contribution < 1.29 is 18.9 Å². The van der Waals surface area contributed by atoms with Gasteiger partial charge in [-0.2, -0.15) is 0 Å². The molecule has 0 aromatic rings. The van der Waals surface area contributed by atoms with Crippen LogP contribution in [0, 0.1) is 142 Å². The highest BCUT2D eigenvalue weighted by atomic mass is 16.7. The number of allylic oxidation sites excluding steroid dienone is 2. The van der Waals surface area contributed by atoms with Gasteiger partial charge in [0, 0.05) is 13.2 Å². The van der Waals surface area contributed by atoms with Crippen molar-refractivity contribution in [3.05, 3.63) is 11.1 Å². The average Bonchev–Trinajstić information content (AvgIpc) is 3.79. The van der Waals surface area contributed by atoms with Crippen LogP contribution in [0.1, 0.15) is 38.5 Å². The summed E-state index contributed by atoms with van der Waals surface area (Å²) in [6.45, 7) is 1.87. The van der Waals surface area contributed by atoms with Crippen LogP contribution in [0.25, 0.3) is 0 Å². The summed E-state index contributed by atoms with van der Waals surface area (Å²) >= 11 is 0. The summed E-state index contributed by atoms with van der Waals surface area (Å²) in [7, 11) is 0. The summed E-state index contributed by atoms with van der Waals surface area (Å²) in [5.74, 6) is 25.2. The molecule has 4 nitrogen and oxygen atoms in total. The first-order chi connectivity index (χ1) is 20.9. The molecule has 18 unspecified atom stereocenters. The van der Waals surface area contributed by atoms with E-state index in [1.807, 2.05) is 0 Å². The van der Waals surface area contributed by atoms with Gasteiger partial charge < -0.3 is 18.9 Å². The molecule has 0 N–H and O–H groups in total. The van der Waals surface area contributed by atoms with Gasteiger partial charge in [0.15, 0.2) is 12.6 Å². The number of ether oxygens (including phenoxy) is 4.